The normalized spacial score (nSPS) is 10.0. The molecule has 110 valence electrons. The third kappa shape index (κ3) is 4.58. The Morgan fingerprint density at radius 1 is 1.29 bits per heavy atom. The molecule has 21 heavy (non-hydrogen) atoms. The summed E-state index contributed by atoms with van der Waals surface area (Å²) in [4.78, 5) is 0. The first kappa shape index (κ1) is 15.5. The zero-order chi connectivity index (χ0) is 15.2. The minimum Gasteiger partial charge on any atom is -0.497 e. The second kappa shape index (κ2) is 7.24. The van der Waals surface area contributed by atoms with Gasteiger partial charge in [0.15, 0.2) is 5.11 Å². The molecular formula is C15H14ClFN2OS. The van der Waals surface area contributed by atoms with Crippen LogP contribution in [0.1, 0.15) is 5.56 Å². The summed E-state index contributed by atoms with van der Waals surface area (Å²) in [5, 5.41) is 6.49. The minimum absolute atomic E-state index is 0.0515. The molecule has 0 spiro atoms. The molecular weight excluding hydrogens is 311 g/mol. The highest BCUT2D eigenvalue weighted by atomic mass is 35.5. The molecule has 0 unspecified atom stereocenters. The van der Waals surface area contributed by atoms with Gasteiger partial charge < -0.3 is 15.4 Å². The van der Waals surface area contributed by atoms with Crippen LogP contribution in [-0.2, 0) is 6.54 Å². The predicted molar refractivity (Wildman–Crippen MR) is 87.5 cm³/mol. The number of rotatable bonds is 4. The van der Waals surface area contributed by atoms with Crippen LogP contribution >= 0.6 is 23.8 Å². The number of nitrogens with one attached hydrogen (secondary N) is 2. The average molecular weight is 325 g/mol. The highest BCUT2D eigenvalue weighted by Crippen LogP contribution is 2.19. The van der Waals surface area contributed by atoms with Crippen LogP contribution in [0.3, 0.4) is 0 Å². The molecule has 0 radical (unpaired) electrons. The summed E-state index contributed by atoms with van der Waals surface area (Å²) in [6.07, 6.45) is 0. The summed E-state index contributed by atoms with van der Waals surface area (Å²) in [5.41, 5.74) is 1.67. The van der Waals surface area contributed by atoms with E-state index in [9.17, 15) is 4.39 Å². The van der Waals surface area contributed by atoms with Crippen molar-refractivity contribution in [2.75, 3.05) is 12.4 Å². The Balaban J connectivity index is 1.91. The first-order valence-electron chi connectivity index (χ1n) is 6.21. The molecule has 6 heteroatoms. The predicted octanol–water partition coefficient (Wildman–Crippen LogP) is 3.97. The van der Waals surface area contributed by atoms with Crippen molar-refractivity contribution in [3.05, 3.63) is 58.9 Å². The van der Waals surface area contributed by atoms with Gasteiger partial charge in [0.2, 0.25) is 0 Å². The maximum absolute atomic E-state index is 13.1. The summed E-state index contributed by atoms with van der Waals surface area (Å²) in [7, 11) is 1.62. The van der Waals surface area contributed by atoms with E-state index in [0.29, 0.717) is 17.3 Å². The molecule has 3 nitrogen and oxygen atoms in total. The van der Waals surface area contributed by atoms with Crippen molar-refractivity contribution >= 4 is 34.6 Å². The molecule has 0 aliphatic carbocycles. The lowest BCUT2D eigenvalue weighted by atomic mass is 10.2. The van der Waals surface area contributed by atoms with Crippen LogP contribution in [0.5, 0.6) is 5.75 Å². The van der Waals surface area contributed by atoms with Crippen molar-refractivity contribution < 1.29 is 9.13 Å². The van der Waals surface area contributed by atoms with Crippen LogP contribution in [0.4, 0.5) is 10.1 Å². The zero-order valence-corrected chi connectivity index (χ0v) is 12.9. The van der Waals surface area contributed by atoms with Crippen LogP contribution in [0.15, 0.2) is 42.5 Å². The standard InChI is InChI=1S/C15H14ClFN2OS/c1-20-12-4-2-3-10(7-12)9-18-15(21)19-11-5-6-14(17)13(16)8-11/h2-8H,9H2,1H3,(H2,18,19,21). The Bertz CT molecular complexity index is 651. The SMILES string of the molecule is COc1cccc(CNC(=S)Nc2ccc(F)c(Cl)c2)c1. The van der Waals surface area contributed by atoms with Crippen molar-refractivity contribution in [1.82, 2.24) is 5.32 Å². The van der Waals surface area contributed by atoms with E-state index in [2.05, 4.69) is 10.6 Å². The minimum atomic E-state index is -0.461. The fourth-order valence-corrected chi connectivity index (χ4v) is 2.08. The van der Waals surface area contributed by atoms with E-state index in [1.807, 2.05) is 24.3 Å². The van der Waals surface area contributed by atoms with E-state index >= 15 is 0 Å². The van der Waals surface area contributed by atoms with Gasteiger partial charge >= 0.3 is 0 Å². The van der Waals surface area contributed by atoms with Gasteiger partial charge in [-0.1, -0.05) is 23.7 Å². The van der Waals surface area contributed by atoms with Gasteiger partial charge in [0.25, 0.3) is 0 Å². The van der Waals surface area contributed by atoms with E-state index < -0.39 is 5.82 Å². The molecule has 0 fully saturated rings. The monoisotopic (exact) mass is 324 g/mol. The molecule has 2 N–H and O–H groups in total. The lowest BCUT2D eigenvalue weighted by Gasteiger charge is -2.11. The number of benzene rings is 2. The van der Waals surface area contributed by atoms with Crippen LogP contribution in [-0.4, -0.2) is 12.2 Å². The Hall–Kier alpha value is -1.85. The Kier molecular flexibility index (Phi) is 5.36. The highest BCUT2D eigenvalue weighted by Gasteiger charge is 2.03. The number of hydrogen-bond donors (Lipinski definition) is 2. The Labute approximate surface area is 133 Å². The molecule has 0 saturated heterocycles. The van der Waals surface area contributed by atoms with Crippen LogP contribution in [0.25, 0.3) is 0 Å². The first-order valence-corrected chi connectivity index (χ1v) is 7.00. The summed E-state index contributed by atoms with van der Waals surface area (Å²) >= 11 is 10.9. The molecule has 0 bridgehead atoms. The fraction of sp³-hybridized carbons (Fsp3) is 0.133. The largest absolute Gasteiger partial charge is 0.497 e. The number of halogens is 2. The molecule has 0 aliphatic rings. The molecule has 0 heterocycles. The molecule has 0 atom stereocenters. The van der Waals surface area contributed by atoms with Crippen molar-refractivity contribution in [2.24, 2.45) is 0 Å². The third-order valence-electron chi connectivity index (χ3n) is 2.76. The van der Waals surface area contributed by atoms with Crippen molar-refractivity contribution in [3.63, 3.8) is 0 Å². The first-order chi connectivity index (χ1) is 10.1. The van der Waals surface area contributed by atoms with Gasteiger partial charge in [-0.3, -0.25) is 0 Å². The second-order valence-electron chi connectivity index (χ2n) is 4.29. The summed E-state index contributed by atoms with van der Waals surface area (Å²) in [5.74, 6) is 0.330. The third-order valence-corrected chi connectivity index (χ3v) is 3.30. The van der Waals surface area contributed by atoms with E-state index in [1.165, 1.54) is 12.1 Å². The summed E-state index contributed by atoms with van der Waals surface area (Å²) in [6, 6.07) is 12.0. The van der Waals surface area contributed by atoms with E-state index in [4.69, 9.17) is 28.6 Å². The number of methoxy groups -OCH3 is 1. The quantitative estimate of drug-likeness (QED) is 0.834. The number of anilines is 1. The summed E-state index contributed by atoms with van der Waals surface area (Å²) < 4.78 is 18.2. The van der Waals surface area contributed by atoms with E-state index in [0.717, 1.165) is 11.3 Å². The molecule has 2 rings (SSSR count). The molecule has 0 amide bonds. The Morgan fingerprint density at radius 3 is 2.81 bits per heavy atom. The number of ether oxygens (including phenoxy) is 1. The number of thiocarbonyl (C=S) groups is 1. The van der Waals surface area contributed by atoms with Crippen molar-refractivity contribution in [1.29, 1.82) is 0 Å². The van der Waals surface area contributed by atoms with Crippen LogP contribution in [0.2, 0.25) is 5.02 Å². The average Bonchev–Trinajstić information content (AvgIpc) is 2.49. The summed E-state index contributed by atoms with van der Waals surface area (Å²) in [6.45, 7) is 0.554. The van der Waals surface area contributed by atoms with Gasteiger partial charge in [-0.25, -0.2) is 4.39 Å². The van der Waals surface area contributed by atoms with Gasteiger partial charge in [-0.15, -0.1) is 0 Å². The molecule has 0 aliphatic heterocycles. The lowest BCUT2D eigenvalue weighted by molar-refractivity contribution is 0.414. The molecule has 2 aromatic rings. The topological polar surface area (TPSA) is 33.3 Å². The smallest absolute Gasteiger partial charge is 0.171 e. The van der Waals surface area contributed by atoms with E-state index in [1.54, 1.807) is 13.2 Å². The Morgan fingerprint density at radius 2 is 2.10 bits per heavy atom. The maximum atomic E-state index is 13.1. The number of hydrogen-bond acceptors (Lipinski definition) is 2. The lowest BCUT2D eigenvalue weighted by Crippen LogP contribution is -2.27. The van der Waals surface area contributed by atoms with E-state index in [-0.39, 0.29) is 5.02 Å². The zero-order valence-electron chi connectivity index (χ0n) is 11.3. The highest BCUT2D eigenvalue weighted by molar-refractivity contribution is 7.80. The van der Waals surface area contributed by atoms with Crippen LogP contribution < -0.4 is 15.4 Å². The van der Waals surface area contributed by atoms with Crippen molar-refractivity contribution in [3.8, 4) is 5.75 Å². The van der Waals surface area contributed by atoms with Crippen LogP contribution in [0, 0.1) is 5.82 Å². The molecule has 0 aromatic heterocycles. The van der Waals surface area contributed by atoms with Gasteiger partial charge in [0.05, 0.1) is 12.1 Å². The van der Waals surface area contributed by atoms with Gasteiger partial charge in [0.1, 0.15) is 11.6 Å². The van der Waals surface area contributed by atoms with Crippen molar-refractivity contribution in [2.45, 2.75) is 6.54 Å². The molecule has 2 aromatic carbocycles. The fourth-order valence-electron chi connectivity index (χ4n) is 1.71. The molecule has 0 saturated carbocycles. The van der Waals surface area contributed by atoms with Gasteiger partial charge in [-0.2, -0.15) is 0 Å². The van der Waals surface area contributed by atoms with Gasteiger partial charge in [0, 0.05) is 12.2 Å². The second-order valence-corrected chi connectivity index (χ2v) is 5.10. The maximum Gasteiger partial charge on any atom is 0.171 e. The van der Waals surface area contributed by atoms with Gasteiger partial charge in [-0.05, 0) is 48.1 Å².